The van der Waals surface area contributed by atoms with Crippen LogP contribution in [0.2, 0.25) is 0 Å². The number of sulfonamides is 1. The minimum Gasteiger partial charge on any atom is -0.256 e. The maximum atomic E-state index is 12.2. The molecule has 0 radical (unpaired) electrons. The molecule has 0 saturated heterocycles. The standard InChI is InChI=1S/C12H14ClN3O2S/c1-16-12(7-8-14-16)19(17,18)15-11(9-13)10-5-3-2-4-6-10/h2-8,11,15H,9H2,1H3. The molecule has 1 N–H and O–H groups in total. The van der Waals surface area contributed by atoms with Crippen molar-refractivity contribution in [3.05, 3.63) is 48.2 Å². The minimum atomic E-state index is -3.64. The summed E-state index contributed by atoms with van der Waals surface area (Å²) < 4.78 is 28.3. The topological polar surface area (TPSA) is 64.0 Å². The Morgan fingerprint density at radius 1 is 1.32 bits per heavy atom. The van der Waals surface area contributed by atoms with Gasteiger partial charge in [-0.05, 0) is 11.6 Å². The average molecular weight is 300 g/mol. The average Bonchev–Trinajstić information content (AvgIpc) is 2.84. The summed E-state index contributed by atoms with van der Waals surface area (Å²) in [5.41, 5.74) is 0.822. The first kappa shape index (κ1) is 14.0. The highest BCUT2D eigenvalue weighted by Gasteiger charge is 2.23. The van der Waals surface area contributed by atoms with Crippen LogP contribution in [0.1, 0.15) is 11.6 Å². The molecule has 19 heavy (non-hydrogen) atoms. The fourth-order valence-electron chi connectivity index (χ4n) is 1.75. The van der Waals surface area contributed by atoms with Gasteiger partial charge in [0.05, 0.1) is 12.2 Å². The SMILES string of the molecule is Cn1nccc1S(=O)(=O)NC(CCl)c1ccccc1. The Bertz CT molecular complexity index is 640. The monoisotopic (exact) mass is 299 g/mol. The van der Waals surface area contributed by atoms with E-state index in [-0.39, 0.29) is 10.9 Å². The molecule has 0 aliphatic rings. The highest BCUT2D eigenvalue weighted by atomic mass is 35.5. The Morgan fingerprint density at radius 2 is 2.00 bits per heavy atom. The molecule has 7 heteroatoms. The molecule has 0 spiro atoms. The van der Waals surface area contributed by atoms with Gasteiger partial charge < -0.3 is 0 Å². The number of aromatic nitrogens is 2. The Morgan fingerprint density at radius 3 is 2.53 bits per heavy atom. The summed E-state index contributed by atoms with van der Waals surface area (Å²) >= 11 is 5.86. The van der Waals surface area contributed by atoms with Crippen LogP contribution in [-0.2, 0) is 17.1 Å². The molecule has 0 aliphatic carbocycles. The zero-order chi connectivity index (χ0) is 13.9. The van der Waals surface area contributed by atoms with Crippen LogP contribution in [0.25, 0.3) is 0 Å². The molecule has 1 aromatic heterocycles. The van der Waals surface area contributed by atoms with Gasteiger partial charge in [0.1, 0.15) is 0 Å². The number of nitrogens with one attached hydrogen (secondary N) is 1. The van der Waals surface area contributed by atoms with E-state index >= 15 is 0 Å². The third kappa shape index (κ3) is 3.15. The van der Waals surface area contributed by atoms with Gasteiger partial charge in [0.15, 0.2) is 5.03 Å². The second kappa shape index (κ2) is 5.73. The van der Waals surface area contributed by atoms with Crippen molar-refractivity contribution < 1.29 is 8.42 Å². The Hall–Kier alpha value is -1.37. The Labute approximate surface area is 117 Å². The zero-order valence-corrected chi connectivity index (χ0v) is 11.9. The van der Waals surface area contributed by atoms with Crippen LogP contribution in [0.5, 0.6) is 0 Å². The lowest BCUT2D eigenvalue weighted by atomic mass is 10.1. The number of rotatable bonds is 5. The van der Waals surface area contributed by atoms with Crippen molar-refractivity contribution in [3.8, 4) is 0 Å². The van der Waals surface area contributed by atoms with Crippen molar-refractivity contribution in [2.75, 3.05) is 5.88 Å². The molecular weight excluding hydrogens is 286 g/mol. The van der Waals surface area contributed by atoms with Gasteiger partial charge >= 0.3 is 0 Å². The van der Waals surface area contributed by atoms with Crippen molar-refractivity contribution in [2.45, 2.75) is 11.1 Å². The van der Waals surface area contributed by atoms with E-state index in [9.17, 15) is 8.42 Å². The van der Waals surface area contributed by atoms with E-state index in [0.29, 0.717) is 0 Å². The van der Waals surface area contributed by atoms with E-state index in [0.717, 1.165) is 5.56 Å². The van der Waals surface area contributed by atoms with E-state index in [4.69, 9.17) is 11.6 Å². The predicted octanol–water partition coefficient (Wildman–Crippen LogP) is 1.68. The van der Waals surface area contributed by atoms with Gasteiger partial charge in [-0.1, -0.05) is 30.3 Å². The number of alkyl halides is 1. The van der Waals surface area contributed by atoms with Crippen molar-refractivity contribution in [3.63, 3.8) is 0 Å². The molecule has 1 aromatic carbocycles. The number of hydrogen-bond donors (Lipinski definition) is 1. The molecular formula is C12H14ClN3O2S. The summed E-state index contributed by atoms with van der Waals surface area (Å²) in [6, 6.07) is 10.2. The number of halogens is 1. The van der Waals surface area contributed by atoms with Gasteiger partial charge in [0.2, 0.25) is 0 Å². The first-order valence-electron chi connectivity index (χ1n) is 5.66. The lowest BCUT2D eigenvalue weighted by molar-refractivity contribution is 0.551. The molecule has 5 nitrogen and oxygen atoms in total. The van der Waals surface area contributed by atoms with Gasteiger partial charge in [-0.15, -0.1) is 11.6 Å². The van der Waals surface area contributed by atoms with E-state index in [1.54, 1.807) is 7.05 Å². The van der Waals surface area contributed by atoms with Crippen molar-refractivity contribution in [1.82, 2.24) is 14.5 Å². The fraction of sp³-hybridized carbons (Fsp3) is 0.250. The molecule has 2 aromatic rings. The highest BCUT2D eigenvalue weighted by Crippen LogP contribution is 2.18. The van der Waals surface area contributed by atoms with E-state index in [1.165, 1.54) is 16.9 Å². The van der Waals surface area contributed by atoms with Crippen molar-refractivity contribution >= 4 is 21.6 Å². The van der Waals surface area contributed by atoms with Crippen LogP contribution in [0.4, 0.5) is 0 Å². The van der Waals surface area contributed by atoms with Gasteiger partial charge in [0, 0.05) is 12.9 Å². The molecule has 1 unspecified atom stereocenters. The van der Waals surface area contributed by atoms with Crippen LogP contribution in [0, 0.1) is 0 Å². The number of aryl methyl sites for hydroxylation is 1. The molecule has 2 rings (SSSR count). The third-order valence-electron chi connectivity index (χ3n) is 2.70. The Balaban J connectivity index is 2.27. The van der Waals surface area contributed by atoms with Gasteiger partial charge in [-0.25, -0.2) is 13.1 Å². The first-order valence-corrected chi connectivity index (χ1v) is 7.67. The van der Waals surface area contributed by atoms with Crippen molar-refractivity contribution in [2.24, 2.45) is 7.05 Å². The summed E-state index contributed by atoms with van der Waals surface area (Å²) in [5, 5.41) is 3.96. The summed E-state index contributed by atoms with van der Waals surface area (Å²) in [6.45, 7) is 0. The van der Waals surface area contributed by atoms with Crippen LogP contribution in [0.3, 0.4) is 0 Å². The van der Waals surface area contributed by atoms with E-state index in [1.807, 2.05) is 30.3 Å². The number of hydrogen-bond acceptors (Lipinski definition) is 3. The van der Waals surface area contributed by atoms with Gasteiger partial charge in [-0.2, -0.15) is 5.10 Å². The smallest absolute Gasteiger partial charge is 0.256 e. The lowest BCUT2D eigenvalue weighted by Gasteiger charge is -2.16. The number of nitrogens with zero attached hydrogens (tertiary/aromatic N) is 2. The van der Waals surface area contributed by atoms with Crippen molar-refractivity contribution in [1.29, 1.82) is 0 Å². The fourth-order valence-corrected chi connectivity index (χ4v) is 3.44. The van der Waals surface area contributed by atoms with Gasteiger partial charge in [0.25, 0.3) is 10.0 Å². The molecule has 0 saturated carbocycles. The lowest BCUT2D eigenvalue weighted by Crippen LogP contribution is -2.31. The molecule has 102 valence electrons. The van der Waals surface area contributed by atoms with Crippen LogP contribution < -0.4 is 4.72 Å². The maximum Gasteiger partial charge on any atom is 0.258 e. The predicted molar refractivity (Wildman–Crippen MR) is 73.4 cm³/mol. The summed E-state index contributed by atoms with van der Waals surface area (Å²) in [4.78, 5) is 0. The maximum absolute atomic E-state index is 12.2. The third-order valence-corrected chi connectivity index (χ3v) is 4.56. The largest absolute Gasteiger partial charge is 0.258 e. The second-order valence-corrected chi connectivity index (χ2v) is 6.00. The van der Waals surface area contributed by atoms with Gasteiger partial charge in [-0.3, -0.25) is 4.68 Å². The molecule has 1 atom stereocenters. The quantitative estimate of drug-likeness (QED) is 0.854. The van der Waals surface area contributed by atoms with Crippen LogP contribution in [0.15, 0.2) is 47.6 Å². The summed E-state index contributed by atoms with van der Waals surface area (Å²) in [5.74, 6) is 0.154. The zero-order valence-electron chi connectivity index (χ0n) is 10.3. The minimum absolute atomic E-state index is 0.110. The van der Waals surface area contributed by atoms with Crippen LogP contribution in [-0.4, -0.2) is 24.1 Å². The number of benzene rings is 1. The van der Waals surface area contributed by atoms with E-state index in [2.05, 4.69) is 9.82 Å². The Kier molecular flexibility index (Phi) is 4.24. The first-order chi connectivity index (χ1) is 9.04. The second-order valence-electron chi connectivity index (χ2n) is 4.03. The summed E-state index contributed by atoms with van der Waals surface area (Å²) in [7, 11) is -2.06. The molecule has 0 bridgehead atoms. The molecule has 0 amide bonds. The molecule has 0 aliphatic heterocycles. The van der Waals surface area contributed by atoms with Crippen LogP contribution >= 0.6 is 11.6 Å². The highest BCUT2D eigenvalue weighted by molar-refractivity contribution is 7.89. The molecule has 1 heterocycles. The molecule has 0 fully saturated rings. The summed E-state index contributed by atoms with van der Waals surface area (Å²) in [6.07, 6.45) is 1.44. The normalized spacial score (nSPS) is 13.4. The van der Waals surface area contributed by atoms with E-state index < -0.39 is 16.1 Å².